The number of ether oxygens (including phenoxy) is 1. The highest BCUT2D eigenvalue weighted by atomic mass is 16.5. The number of hydrogen-bond acceptors (Lipinski definition) is 6. The second kappa shape index (κ2) is 10.0. The molecular formula is C23H32N4O5. The average molecular weight is 445 g/mol. The van der Waals surface area contributed by atoms with E-state index in [1.807, 2.05) is 6.92 Å². The van der Waals surface area contributed by atoms with E-state index in [0.717, 1.165) is 6.42 Å². The molecule has 0 fully saturated rings. The maximum absolute atomic E-state index is 13.2. The SMILES string of the molecule is CCc1noc(C)c1C(=O)N1CCc2c(C(=O)NCCC(C)C)c(OC)cc(=O)n2CC1. The highest BCUT2D eigenvalue weighted by molar-refractivity contribution is 5.98. The lowest BCUT2D eigenvalue weighted by molar-refractivity contribution is 0.0756. The van der Waals surface area contributed by atoms with Gasteiger partial charge in [0.25, 0.3) is 17.4 Å². The summed E-state index contributed by atoms with van der Waals surface area (Å²) in [6, 6.07) is 1.34. The number of nitrogens with zero attached hydrogens (tertiary/aromatic N) is 3. The molecule has 3 rings (SSSR count). The molecule has 1 aliphatic rings. The Morgan fingerprint density at radius 3 is 2.66 bits per heavy atom. The van der Waals surface area contributed by atoms with Gasteiger partial charge in [0.1, 0.15) is 22.6 Å². The van der Waals surface area contributed by atoms with Crippen LogP contribution in [-0.2, 0) is 19.4 Å². The molecule has 1 N–H and O–H groups in total. The molecule has 0 bridgehead atoms. The monoisotopic (exact) mass is 444 g/mol. The molecule has 0 saturated heterocycles. The van der Waals surface area contributed by atoms with E-state index in [9.17, 15) is 14.4 Å². The van der Waals surface area contributed by atoms with Crippen molar-refractivity contribution in [2.45, 2.75) is 53.5 Å². The van der Waals surface area contributed by atoms with E-state index in [-0.39, 0.29) is 23.1 Å². The van der Waals surface area contributed by atoms with Gasteiger partial charge in [0, 0.05) is 44.4 Å². The molecule has 0 atom stereocenters. The summed E-state index contributed by atoms with van der Waals surface area (Å²) in [6.07, 6.45) is 1.80. The largest absolute Gasteiger partial charge is 0.496 e. The highest BCUT2D eigenvalue weighted by Gasteiger charge is 2.29. The van der Waals surface area contributed by atoms with E-state index in [4.69, 9.17) is 9.26 Å². The average Bonchev–Trinajstić information content (AvgIpc) is 2.99. The van der Waals surface area contributed by atoms with Crippen LogP contribution in [0.15, 0.2) is 15.4 Å². The minimum absolute atomic E-state index is 0.170. The molecule has 2 amide bonds. The van der Waals surface area contributed by atoms with Crippen molar-refractivity contribution < 1.29 is 18.8 Å². The van der Waals surface area contributed by atoms with Crippen molar-refractivity contribution >= 4 is 11.8 Å². The van der Waals surface area contributed by atoms with Crippen molar-refractivity contribution in [1.82, 2.24) is 19.9 Å². The summed E-state index contributed by atoms with van der Waals surface area (Å²) in [4.78, 5) is 40.7. The third-order valence-corrected chi connectivity index (χ3v) is 5.82. The Morgan fingerprint density at radius 1 is 1.25 bits per heavy atom. The first-order valence-corrected chi connectivity index (χ1v) is 11.1. The van der Waals surface area contributed by atoms with Crippen LogP contribution < -0.4 is 15.6 Å². The predicted octanol–water partition coefficient (Wildman–Crippen LogP) is 2.19. The summed E-state index contributed by atoms with van der Waals surface area (Å²) in [7, 11) is 1.45. The number of carbonyl (C=O) groups excluding carboxylic acids is 2. The summed E-state index contributed by atoms with van der Waals surface area (Å²) in [6.45, 7) is 9.37. The molecule has 2 aromatic rings. The van der Waals surface area contributed by atoms with Crippen molar-refractivity contribution in [2.75, 3.05) is 26.7 Å². The number of carbonyl (C=O) groups is 2. The van der Waals surface area contributed by atoms with Crippen LogP contribution in [0.2, 0.25) is 0 Å². The molecule has 0 saturated carbocycles. The molecule has 1 aliphatic heterocycles. The van der Waals surface area contributed by atoms with Crippen LogP contribution in [0.4, 0.5) is 0 Å². The molecule has 174 valence electrons. The summed E-state index contributed by atoms with van der Waals surface area (Å²) in [5, 5.41) is 6.92. The maximum Gasteiger partial charge on any atom is 0.259 e. The number of amides is 2. The summed E-state index contributed by atoms with van der Waals surface area (Å²) in [5.74, 6) is 0.760. The minimum atomic E-state index is -0.269. The zero-order valence-corrected chi connectivity index (χ0v) is 19.5. The van der Waals surface area contributed by atoms with Crippen molar-refractivity contribution in [3.63, 3.8) is 0 Å². The first-order valence-electron chi connectivity index (χ1n) is 11.1. The van der Waals surface area contributed by atoms with Crippen molar-refractivity contribution in [2.24, 2.45) is 5.92 Å². The highest BCUT2D eigenvalue weighted by Crippen LogP contribution is 2.24. The third kappa shape index (κ3) is 4.71. The van der Waals surface area contributed by atoms with Crippen LogP contribution in [0.1, 0.15) is 65.1 Å². The number of rotatable bonds is 7. The standard InChI is InChI=1S/C23H32N4O5/c1-6-16-20(15(4)32-25-16)23(30)26-10-8-17-21(22(29)24-9-7-14(2)3)18(31-5)13-19(28)27(17)12-11-26/h13-14H,6-12H2,1-5H3,(H,24,29). The van der Waals surface area contributed by atoms with Gasteiger partial charge in [0.15, 0.2) is 0 Å². The van der Waals surface area contributed by atoms with Gasteiger partial charge >= 0.3 is 0 Å². The zero-order valence-electron chi connectivity index (χ0n) is 19.5. The Kier molecular flexibility index (Phi) is 7.37. The van der Waals surface area contributed by atoms with Crippen LogP contribution in [0.5, 0.6) is 5.75 Å². The number of aromatic nitrogens is 2. The summed E-state index contributed by atoms with van der Waals surface area (Å²) < 4.78 is 12.2. The number of methoxy groups -OCH3 is 1. The molecule has 9 heteroatoms. The molecule has 3 heterocycles. The fraction of sp³-hybridized carbons (Fsp3) is 0.565. The number of fused-ring (bicyclic) bond motifs is 1. The lowest BCUT2D eigenvalue weighted by atomic mass is 10.1. The van der Waals surface area contributed by atoms with E-state index < -0.39 is 0 Å². The fourth-order valence-electron chi connectivity index (χ4n) is 4.01. The maximum atomic E-state index is 13.2. The predicted molar refractivity (Wildman–Crippen MR) is 119 cm³/mol. The summed E-state index contributed by atoms with van der Waals surface area (Å²) >= 11 is 0. The summed E-state index contributed by atoms with van der Waals surface area (Å²) in [5.41, 5.74) is 1.80. The number of hydrogen-bond donors (Lipinski definition) is 1. The molecular weight excluding hydrogens is 412 g/mol. The lowest BCUT2D eigenvalue weighted by Gasteiger charge is -2.19. The number of aryl methyl sites for hydroxylation is 2. The van der Waals surface area contributed by atoms with Gasteiger partial charge in [-0.15, -0.1) is 0 Å². The second-order valence-corrected chi connectivity index (χ2v) is 8.42. The Labute approximate surface area is 187 Å². The molecule has 0 spiro atoms. The molecule has 32 heavy (non-hydrogen) atoms. The van der Waals surface area contributed by atoms with Crippen molar-refractivity contribution in [3.8, 4) is 5.75 Å². The lowest BCUT2D eigenvalue weighted by Crippen LogP contribution is -2.35. The van der Waals surface area contributed by atoms with Gasteiger partial charge in [-0.25, -0.2) is 0 Å². The van der Waals surface area contributed by atoms with Gasteiger partial charge in [0.05, 0.1) is 12.8 Å². The van der Waals surface area contributed by atoms with Crippen molar-refractivity contribution in [3.05, 3.63) is 44.7 Å². The van der Waals surface area contributed by atoms with E-state index in [1.165, 1.54) is 13.2 Å². The fourth-order valence-corrected chi connectivity index (χ4v) is 4.01. The Balaban J connectivity index is 1.91. The zero-order chi connectivity index (χ0) is 23.4. The molecule has 0 aromatic carbocycles. The second-order valence-electron chi connectivity index (χ2n) is 8.42. The van der Waals surface area contributed by atoms with Gasteiger partial charge in [0.2, 0.25) is 0 Å². The quantitative estimate of drug-likeness (QED) is 0.702. The van der Waals surface area contributed by atoms with Crippen LogP contribution in [0, 0.1) is 12.8 Å². The minimum Gasteiger partial charge on any atom is -0.496 e. The normalized spacial score (nSPS) is 13.6. The van der Waals surface area contributed by atoms with Gasteiger partial charge in [-0.1, -0.05) is 25.9 Å². The molecule has 0 unspecified atom stereocenters. The van der Waals surface area contributed by atoms with E-state index in [0.29, 0.717) is 73.2 Å². The van der Waals surface area contributed by atoms with Crippen LogP contribution >= 0.6 is 0 Å². The van der Waals surface area contributed by atoms with E-state index in [2.05, 4.69) is 24.3 Å². The Hall–Kier alpha value is -3.10. The van der Waals surface area contributed by atoms with Gasteiger partial charge in [-0.3, -0.25) is 14.4 Å². The Morgan fingerprint density at radius 2 is 2.00 bits per heavy atom. The smallest absolute Gasteiger partial charge is 0.259 e. The van der Waals surface area contributed by atoms with Crippen LogP contribution in [-0.4, -0.2) is 53.2 Å². The van der Waals surface area contributed by atoms with Gasteiger partial charge in [-0.2, -0.15) is 0 Å². The molecule has 0 radical (unpaired) electrons. The first kappa shape index (κ1) is 23.6. The van der Waals surface area contributed by atoms with Crippen molar-refractivity contribution in [1.29, 1.82) is 0 Å². The van der Waals surface area contributed by atoms with Crippen LogP contribution in [0.25, 0.3) is 0 Å². The topological polar surface area (TPSA) is 107 Å². The third-order valence-electron chi connectivity index (χ3n) is 5.82. The molecule has 9 nitrogen and oxygen atoms in total. The van der Waals surface area contributed by atoms with Gasteiger partial charge in [-0.05, 0) is 25.7 Å². The number of nitrogens with one attached hydrogen (secondary N) is 1. The van der Waals surface area contributed by atoms with Gasteiger partial charge < -0.3 is 24.0 Å². The van der Waals surface area contributed by atoms with E-state index in [1.54, 1.807) is 16.4 Å². The molecule has 2 aromatic heterocycles. The molecule has 0 aliphatic carbocycles. The number of pyridine rings is 1. The van der Waals surface area contributed by atoms with Crippen LogP contribution in [0.3, 0.4) is 0 Å². The Bertz CT molecular complexity index is 1050. The van der Waals surface area contributed by atoms with E-state index >= 15 is 0 Å². The first-order chi connectivity index (χ1) is 15.3.